The lowest BCUT2D eigenvalue weighted by molar-refractivity contribution is -0.118. The molecule has 2 aromatic rings. The number of carbonyl (C=O) groups excluding carboxylic acids is 1. The molecule has 0 aliphatic rings. The summed E-state index contributed by atoms with van der Waals surface area (Å²) in [6, 6.07) is 7.19. The van der Waals surface area contributed by atoms with Gasteiger partial charge < -0.3 is 11.1 Å². The number of nitrogens with two attached hydrogens (primary N) is 1. The predicted octanol–water partition coefficient (Wildman–Crippen LogP) is 3.57. The summed E-state index contributed by atoms with van der Waals surface area (Å²) in [4.78, 5) is 11.6. The van der Waals surface area contributed by atoms with E-state index in [0.717, 1.165) is 6.07 Å². The van der Waals surface area contributed by atoms with Crippen LogP contribution in [0, 0.1) is 18.6 Å². The molecule has 0 saturated carbocycles. The zero-order valence-electron chi connectivity index (χ0n) is 11.2. The van der Waals surface area contributed by atoms with Crippen molar-refractivity contribution in [3.63, 3.8) is 0 Å². The summed E-state index contributed by atoms with van der Waals surface area (Å²) in [6.45, 7) is 1.72. The van der Waals surface area contributed by atoms with Crippen molar-refractivity contribution in [2.24, 2.45) is 5.73 Å². The second-order valence-corrected chi connectivity index (χ2v) is 5.08. The lowest BCUT2D eigenvalue weighted by Crippen LogP contribution is -2.27. The number of halogens is 3. The second kappa shape index (κ2) is 6.10. The highest BCUT2D eigenvalue weighted by Crippen LogP contribution is 2.25. The molecular weight excluding hydrogens is 298 g/mol. The Balaban J connectivity index is 2.35. The third kappa shape index (κ3) is 3.70. The predicted molar refractivity (Wildman–Crippen MR) is 78.1 cm³/mol. The molecule has 0 heterocycles. The van der Waals surface area contributed by atoms with Gasteiger partial charge in [0.15, 0.2) is 0 Å². The van der Waals surface area contributed by atoms with E-state index >= 15 is 0 Å². The van der Waals surface area contributed by atoms with Gasteiger partial charge in [0.05, 0.1) is 5.02 Å². The first-order valence-corrected chi connectivity index (χ1v) is 6.52. The maximum Gasteiger partial charge on any atom is 0.244 e. The molecule has 2 rings (SSSR count). The minimum Gasteiger partial charge on any atom is -0.370 e. The third-order valence-corrected chi connectivity index (χ3v) is 3.20. The molecule has 0 bridgehead atoms. The SMILES string of the molecule is Cc1cc(F)cc(NC(C(N)=O)c2ccc(F)c(Cl)c2)c1. The smallest absolute Gasteiger partial charge is 0.244 e. The molecule has 3 nitrogen and oxygen atoms in total. The standard InChI is InChI=1S/C15H13ClF2N2O/c1-8-4-10(17)7-11(5-8)20-14(15(19)21)9-2-3-13(18)12(16)6-9/h2-7,14,20H,1H3,(H2,19,21). The van der Waals surface area contributed by atoms with E-state index in [1.54, 1.807) is 13.0 Å². The third-order valence-electron chi connectivity index (χ3n) is 2.91. The van der Waals surface area contributed by atoms with E-state index in [4.69, 9.17) is 17.3 Å². The summed E-state index contributed by atoms with van der Waals surface area (Å²) in [5.41, 5.74) is 6.84. The molecule has 1 atom stereocenters. The highest BCUT2D eigenvalue weighted by Gasteiger charge is 2.19. The number of benzene rings is 2. The number of rotatable bonds is 4. The molecule has 0 saturated heterocycles. The van der Waals surface area contributed by atoms with Gasteiger partial charge in [0.1, 0.15) is 17.7 Å². The molecule has 0 fully saturated rings. The monoisotopic (exact) mass is 310 g/mol. The van der Waals surface area contributed by atoms with Gasteiger partial charge in [-0.25, -0.2) is 8.78 Å². The van der Waals surface area contributed by atoms with Gasteiger partial charge >= 0.3 is 0 Å². The lowest BCUT2D eigenvalue weighted by atomic mass is 10.1. The number of hydrogen-bond donors (Lipinski definition) is 2. The van der Waals surface area contributed by atoms with E-state index in [2.05, 4.69) is 5.32 Å². The molecule has 2 aromatic carbocycles. The van der Waals surface area contributed by atoms with Crippen molar-refractivity contribution in [3.8, 4) is 0 Å². The van der Waals surface area contributed by atoms with E-state index in [0.29, 0.717) is 16.8 Å². The Bertz CT molecular complexity index is 671. The van der Waals surface area contributed by atoms with Crippen LogP contribution in [0.4, 0.5) is 14.5 Å². The van der Waals surface area contributed by atoms with Crippen LogP contribution >= 0.6 is 11.6 Å². The molecule has 0 spiro atoms. The van der Waals surface area contributed by atoms with Crippen LogP contribution < -0.4 is 11.1 Å². The highest BCUT2D eigenvalue weighted by atomic mass is 35.5. The molecule has 0 radical (unpaired) electrons. The molecule has 1 unspecified atom stereocenters. The Morgan fingerprint density at radius 2 is 1.95 bits per heavy atom. The zero-order valence-corrected chi connectivity index (χ0v) is 11.9. The number of primary amides is 1. The van der Waals surface area contributed by atoms with Gasteiger partial charge in [-0.15, -0.1) is 0 Å². The molecule has 0 aromatic heterocycles. The Hall–Kier alpha value is -2.14. The van der Waals surface area contributed by atoms with Crippen molar-refractivity contribution >= 4 is 23.2 Å². The van der Waals surface area contributed by atoms with Crippen LogP contribution in [0.25, 0.3) is 0 Å². The van der Waals surface area contributed by atoms with Crippen LogP contribution in [-0.4, -0.2) is 5.91 Å². The summed E-state index contributed by atoms with van der Waals surface area (Å²) >= 11 is 5.70. The molecule has 110 valence electrons. The molecule has 6 heteroatoms. The molecule has 3 N–H and O–H groups in total. The van der Waals surface area contributed by atoms with Crippen molar-refractivity contribution in [3.05, 3.63) is 64.2 Å². The van der Waals surface area contributed by atoms with Crippen molar-refractivity contribution < 1.29 is 13.6 Å². The van der Waals surface area contributed by atoms with Crippen molar-refractivity contribution in [1.82, 2.24) is 0 Å². The Morgan fingerprint density at radius 1 is 1.24 bits per heavy atom. The topological polar surface area (TPSA) is 55.1 Å². The number of amides is 1. The van der Waals surface area contributed by atoms with Gasteiger partial charge in [0, 0.05) is 5.69 Å². The van der Waals surface area contributed by atoms with E-state index < -0.39 is 23.6 Å². The summed E-state index contributed by atoms with van der Waals surface area (Å²) in [5, 5.41) is 2.71. The first-order chi connectivity index (χ1) is 9.86. The number of anilines is 1. The van der Waals surface area contributed by atoms with Crippen LogP contribution in [0.2, 0.25) is 5.02 Å². The average Bonchev–Trinajstić information content (AvgIpc) is 2.38. The number of aryl methyl sites for hydroxylation is 1. The molecule has 1 amide bonds. The normalized spacial score (nSPS) is 12.0. The molecular formula is C15H13ClF2N2O. The quantitative estimate of drug-likeness (QED) is 0.907. The van der Waals surface area contributed by atoms with Crippen LogP contribution in [0.1, 0.15) is 17.2 Å². The average molecular weight is 311 g/mol. The fourth-order valence-corrected chi connectivity index (χ4v) is 2.19. The minimum atomic E-state index is -0.940. The molecule has 0 aliphatic carbocycles. The van der Waals surface area contributed by atoms with E-state index in [1.807, 2.05) is 0 Å². The van der Waals surface area contributed by atoms with Crippen LogP contribution in [-0.2, 0) is 4.79 Å². The molecule has 21 heavy (non-hydrogen) atoms. The Kier molecular flexibility index (Phi) is 4.43. The maximum atomic E-state index is 13.4. The van der Waals surface area contributed by atoms with Gasteiger partial charge in [0.25, 0.3) is 0 Å². The zero-order chi connectivity index (χ0) is 15.6. The summed E-state index contributed by atoms with van der Waals surface area (Å²) in [5.74, 6) is -1.71. The maximum absolute atomic E-state index is 13.4. The largest absolute Gasteiger partial charge is 0.370 e. The van der Waals surface area contributed by atoms with E-state index in [-0.39, 0.29) is 5.02 Å². The van der Waals surface area contributed by atoms with Crippen molar-refractivity contribution in [2.75, 3.05) is 5.32 Å². The van der Waals surface area contributed by atoms with Crippen LogP contribution in [0.3, 0.4) is 0 Å². The first kappa shape index (κ1) is 15.3. The van der Waals surface area contributed by atoms with Crippen molar-refractivity contribution in [2.45, 2.75) is 13.0 Å². The first-order valence-electron chi connectivity index (χ1n) is 6.15. The number of hydrogen-bond acceptors (Lipinski definition) is 2. The Morgan fingerprint density at radius 3 is 2.52 bits per heavy atom. The van der Waals surface area contributed by atoms with Gasteiger partial charge in [-0.3, -0.25) is 4.79 Å². The van der Waals surface area contributed by atoms with Crippen LogP contribution in [0.15, 0.2) is 36.4 Å². The summed E-state index contributed by atoms with van der Waals surface area (Å²) in [7, 11) is 0. The lowest BCUT2D eigenvalue weighted by Gasteiger charge is -2.18. The van der Waals surface area contributed by atoms with Crippen LogP contribution in [0.5, 0.6) is 0 Å². The minimum absolute atomic E-state index is 0.115. The number of carbonyl (C=O) groups is 1. The summed E-state index contributed by atoms with van der Waals surface area (Å²) in [6.07, 6.45) is 0. The van der Waals surface area contributed by atoms with E-state index in [9.17, 15) is 13.6 Å². The molecule has 0 aliphatic heterocycles. The highest BCUT2D eigenvalue weighted by molar-refractivity contribution is 6.30. The fraction of sp³-hybridized carbons (Fsp3) is 0.133. The fourth-order valence-electron chi connectivity index (χ4n) is 2.00. The van der Waals surface area contributed by atoms with E-state index in [1.165, 1.54) is 24.3 Å². The van der Waals surface area contributed by atoms with Gasteiger partial charge in [0.2, 0.25) is 5.91 Å². The number of nitrogens with one attached hydrogen (secondary N) is 1. The van der Waals surface area contributed by atoms with Gasteiger partial charge in [-0.2, -0.15) is 0 Å². The Labute approximate surface area is 125 Å². The van der Waals surface area contributed by atoms with Gasteiger partial charge in [-0.05, 0) is 48.4 Å². The van der Waals surface area contributed by atoms with Gasteiger partial charge in [-0.1, -0.05) is 17.7 Å². The summed E-state index contributed by atoms with van der Waals surface area (Å²) < 4.78 is 26.5. The van der Waals surface area contributed by atoms with Crippen molar-refractivity contribution in [1.29, 1.82) is 0 Å². The second-order valence-electron chi connectivity index (χ2n) is 4.67.